The average molecular weight is 274 g/mol. The molecule has 0 unspecified atom stereocenters. The van der Waals surface area contributed by atoms with Crippen LogP contribution >= 0.6 is 0 Å². The predicted molar refractivity (Wildman–Crippen MR) is 78.1 cm³/mol. The molecule has 2 rings (SSSR count). The molecule has 1 aromatic carbocycles. The fourth-order valence-electron chi connectivity index (χ4n) is 2.87. The molecule has 1 heterocycles. The Morgan fingerprint density at radius 3 is 2.35 bits per heavy atom. The van der Waals surface area contributed by atoms with Gasteiger partial charge in [0.25, 0.3) is 5.91 Å². The van der Waals surface area contributed by atoms with Crippen molar-refractivity contribution in [3.05, 3.63) is 35.9 Å². The van der Waals surface area contributed by atoms with Crippen molar-refractivity contribution in [2.75, 3.05) is 13.6 Å². The van der Waals surface area contributed by atoms with E-state index in [0.717, 1.165) is 0 Å². The maximum atomic E-state index is 12.7. The second kappa shape index (κ2) is 5.27. The van der Waals surface area contributed by atoms with Crippen molar-refractivity contribution < 1.29 is 9.59 Å². The summed E-state index contributed by atoms with van der Waals surface area (Å²) >= 11 is 0. The lowest BCUT2D eigenvalue weighted by Crippen LogP contribution is -2.61. The van der Waals surface area contributed by atoms with E-state index in [2.05, 4.69) is 20.8 Å². The Morgan fingerprint density at radius 2 is 1.80 bits per heavy atom. The molecule has 1 aliphatic heterocycles. The second-order valence-corrected chi connectivity index (χ2v) is 6.36. The summed E-state index contributed by atoms with van der Waals surface area (Å²) < 4.78 is 0. The van der Waals surface area contributed by atoms with Crippen LogP contribution in [0, 0.1) is 5.41 Å². The topological polar surface area (TPSA) is 40.6 Å². The molecule has 20 heavy (non-hydrogen) atoms. The highest BCUT2D eigenvalue weighted by Gasteiger charge is 2.41. The third-order valence-corrected chi connectivity index (χ3v) is 3.68. The van der Waals surface area contributed by atoms with E-state index < -0.39 is 0 Å². The molecule has 1 aliphatic rings. The molecule has 4 heteroatoms. The van der Waals surface area contributed by atoms with Crippen molar-refractivity contribution in [2.24, 2.45) is 5.41 Å². The van der Waals surface area contributed by atoms with Crippen molar-refractivity contribution in [3.63, 3.8) is 0 Å². The summed E-state index contributed by atoms with van der Waals surface area (Å²) in [5.74, 6) is 0.0897. The van der Waals surface area contributed by atoms with Crippen LogP contribution in [0.4, 0.5) is 0 Å². The third kappa shape index (κ3) is 2.69. The number of hydrogen-bond donors (Lipinski definition) is 0. The fraction of sp³-hybridized carbons (Fsp3) is 0.500. The maximum Gasteiger partial charge on any atom is 0.255 e. The first-order valence-electron chi connectivity index (χ1n) is 6.94. The molecule has 1 aromatic rings. The van der Waals surface area contributed by atoms with Crippen LogP contribution in [0.5, 0.6) is 0 Å². The molecule has 4 nitrogen and oxygen atoms in total. The zero-order valence-corrected chi connectivity index (χ0v) is 12.6. The van der Waals surface area contributed by atoms with Gasteiger partial charge in [-0.2, -0.15) is 0 Å². The second-order valence-electron chi connectivity index (χ2n) is 6.36. The van der Waals surface area contributed by atoms with E-state index in [4.69, 9.17) is 0 Å². The van der Waals surface area contributed by atoms with Gasteiger partial charge in [-0.1, -0.05) is 39.0 Å². The van der Waals surface area contributed by atoms with Gasteiger partial charge in [0.1, 0.15) is 6.17 Å². The van der Waals surface area contributed by atoms with E-state index in [1.807, 2.05) is 35.2 Å². The van der Waals surface area contributed by atoms with Gasteiger partial charge in [0.05, 0.1) is 0 Å². The number of carbonyl (C=O) groups is 2. The minimum absolute atomic E-state index is 0.00937. The highest BCUT2D eigenvalue weighted by atomic mass is 16.2. The van der Waals surface area contributed by atoms with Crippen LogP contribution < -0.4 is 0 Å². The summed E-state index contributed by atoms with van der Waals surface area (Å²) in [6.07, 6.45) is 0.179. The van der Waals surface area contributed by atoms with Gasteiger partial charge in [-0.05, 0) is 12.1 Å². The van der Waals surface area contributed by atoms with Crippen LogP contribution in [0.2, 0.25) is 0 Å². The predicted octanol–water partition coefficient (Wildman–Crippen LogP) is 2.36. The van der Waals surface area contributed by atoms with Gasteiger partial charge in [0.15, 0.2) is 0 Å². The Bertz CT molecular complexity index is 505. The molecule has 0 N–H and O–H groups in total. The lowest BCUT2D eigenvalue weighted by molar-refractivity contribution is -0.145. The summed E-state index contributed by atoms with van der Waals surface area (Å²) in [6.45, 7) is 6.65. The lowest BCUT2D eigenvalue weighted by atomic mass is 9.88. The van der Waals surface area contributed by atoms with Gasteiger partial charge >= 0.3 is 0 Å². The van der Waals surface area contributed by atoms with Gasteiger partial charge in [0, 0.05) is 31.0 Å². The number of carbonyl (C=O) groups excluding carboxylic acids is 2. The van der Waals surface area contributed by atoms with Crippen molar-refractivity contribution in [2.45, 2.75) is 33.4 Å². The van der Waals surface area contributed by atoms with Gasteiger partial charge < -0.3 is 9.80 Å². The molecule has 0 aromatic heterocycles. The van der Waals surface area contributed by atoms with Crippen LogP contribution in [-0.2, 0) is 4.79 Å². The Balaban J connectivity index is 2.33. The lowest BCUT2D eigenvalue weighted by Gasteiger charge is -2.48. The Kier molecular flexibility index (Phi) is 3.84. The number of rotatable bonds is 1. The Labute approximate surface area is 120 Å². The van der Waals surface area contributed by atoms with Crippen LogP contribution in [0.15, 0.2) is 30.3 Å². The minimum Gasteiger partial charge on any atom is -0.325 e. The molecule has 0 saturated carbocycles. The number of nitrogens with zero attached hydrogens (tertiary/aromatic N) is 2. The Morgan fingerprint density at radius 1 is 1.20 bits per heavy atom. The molecule has 0 spiro atoms. The quantitative estimate of drug-likeness (QED) is 0.789. The largest absolute Gasteiger partial charge is 0.325 e. The van der Waals surface area contributed by atoms with E-state index in [-0.39, 0.29) is 23.4 Å². The van der Waals surface area contributed by atoms with Crippen molar-refractivity contribution >= 4 is 11.8 Å². The summed E-state index contributed by atoms with van der Waals surface area (Å²) in [5.41, 5.74) is 0.486. The highest BCUT2D eigenvalue weighted by Crippen LogP contribution is 2.31. The third-order valence-electron chi connectivity index (χ3n) is 3.68. The molecule has 0 radical (unpaired) electrons. The van der Waals surface area contributed by atoms with Crippen LogP contribution in [0.1, 0.15) is 37.6 Å². The first-order valence-corrected chi connectivity index (χ1v) is 6.94. The zero-order valence-electron chi connectivity index (χ0n) is 12.6. The van der Waals surface area contributed by atoms with E-state index in [0.29, 0.717) is 18.5 Å². The van der Waals surface area contributed by atoms with E-state index in [1.54, 1.807) is 11.9 Å². The van der Waals surface area contributed by atoms with Gasteiger partial charge in [-0.15, -0.1) is 0 Å². The molecule has 2 amide bonds. The van der Waals surface area contributed by atoms with Crippen LogP contribution in [0.3, 0.4) is 0 Å². The average Bonchev–Trinajstić information content (AvgIpc) is 2.40. The summed E-state index contributed by atoms with van der Waals surface area (Å²) in [6, 6.07) is 9.25. The molecule has 0 aliphatic carbocycles. The first kappa shape index (κ1) is 14.6. The fourth-order valence-corrected chi connectivity index (χ4v) is 2.87. The number of amides is 2. The smallest absolute Gasteiger partial charge is 0.255 e. The monoisotopic (exact) mass is 274 g/mol. The number of hydrogen-bond acceptors (Lipinski definition) is 2. The molecular formula is C16H22N2O2. The molecule has 1 fully saturated rings. The molecular weight excluding hydrogens is 252 g/mol. The molecule has 1 atom stereocenters. The van der Waals surface area contributed by atoms with Crippen molar-refractivity contribution in [1.82, 2.24) is 9.80 Å². The molecule has 0 bridgehead atoms. The van der Waals surface area contributed by atoms with E-state index >= 15 is 0 Å². The van der Waals surface area contributed by atoms with Gasteiger partial charge in [-0.3, -0.25) is 9.59 Å². The summed E-state index contributed by atoms with van der Waals surface area (Å²) in [7, 11) is 1.78. The zero-order chi connectivity index (χ0) is 14.9. The summed E-state index contributed by atoms with van der Waals surface area (Å²) in [4.78, 5) is 28.2. The maximum absolute atomic E-state index is 12.7. The first-order chi connectivity index (χ1) is 9.32. The minimum atomic E-state index is -0.212. The molecule has 1 saturated heterocycles. The van der Waals surface area contributed by atoms with E-state index in [9.17, 15) is 9.59 Å². The van der Waals surface area contributed by atoms with Crippen LogP contribution in [-0.4, -0.2) is 41.4 Å². The SMILES string of the molecule is CN1C(=O)CCN(C(=O)c2ccccc2)[C@H]1C(C)(C)C. The van der Waals surface area contributed by atoms with Crippen molar-refractivity contribution in [1.29, 1.82) is 0 Å². The standard InChI is InChI=1S/C16H22N2O2/c1-16(2,3)15-17(4)13(19)10-11-18(15)14(20)12-8-6-5-7-9-12/h5-9,15H,10-11H2,1-4H3/t15-/m0/s1. The number of benzene rings is 1. The van der Waals surface area contributed by atoms with Crippen molar-refractivity contribution in [3.8, 4) is 0 Å². The van der Waals surface area contributed by atoms with Gasteiger partial charge in [0.2, 0.25) is 5.91 Å². The summed E-state index contributed by atoms with van der Waals surface area (Å²) in [5, 5.41) is 0. The molecule has 108 valence electrons. The van der Waals surface area contributed by atoms with Gasteiger partial charge in [-0.25, -0.2) is 0 Å². The Hall–Kier alpha value is -1.84. The normalized spacial score (nSPS) is 20.2. The van der Waals surface area contributed by atoms with E-state index in [1.165, 1.54) is 0 Å². The highest BCUT2D eigenvalue weighted by molar-refractivity contribution is 5.95. The van der Waals surface area contributed by atoms with Crippen LogP contribution in [0.25, 0.3) is 0 Å².